The van der Waals surface area contributed by atoms with Gasteiger partial charge in [-0.3, -0.25) is 4.79 Å². The van der Waals surface area contributed by atoms with Gasteiger partial charge in [-0.25, -0.2) is 4.98 Å². The number of H-pyrrole nitrogens is 1. The van der Waals surface area contributed by atoms with Gasteiger partial charge in [0.05, 0.1) is 24.7 Å². The molecule has 6 nitrogen and oxygen atoms in total. The van der Waals surface area contributed by atoms with E-state index in [4.69, 9.17) is 9.47 Å². The highest BCUT2D eigenvalue weighted by Gasteiger charge is 2.20. The largest absolute Gasteiger partial charge is 0.493 e. The van der Waals surface area contributed by atoms with Crippen molar-refractivity contribution < 1.29 is 9.47 Å². The summed E-state index contributed by atoms with van der Waals surface area (Å²) in [4.78, 5) is 22.3. The predicted octanol–water partition coefficient (Wildman–Crippen LogP) is 5.36. The molecule has 1 aliphatic rings. The van der Waals surface area contributed by atoms with Gasteiger partial charge in [0, 0.05) is 4.88 Å². The average molecular weight is 450 g/mol. The molecule has 0 unspecified atom stereocenters. The number of thiophene rings is 1. The molecule has 3 aromatic rings. The minimum atomic E-state index is -0.169. The Hall–Kier alpha value is -3.11. The van der Waals surface area contributed by atoms with Crippen molar-refractivity contribution in [3.8, 4) is 17.6 Å². The van der Waals surface area contributed by atoms with Gasteiger partial charge in [0.2, 0.25) is 0 Å². The first-order valence-electron chi connectivity index (χ1n) is 11.0. The van der Waals surface area contributed by atoms with Crippen LogP contribution in [0.3, 0.4) is 0 Å². The minimum Gasteiger partial charge on any atom is -0.493 e. The third kappa shape index (κ3) is 4.56. The van der Waals surface area contributed by atoms with Crippen molar-refractivity contribution >= 4 is 33.2 Å². The molecule has 166 valence electrons. The molecule has 0 amide bonds. The molecule has 4 rings (SSSR count). The number of aromatic amines is 1. The summed E-state index contributed by atoms with van der Waals surface area (Å²) in [6.07, 6.45) is 6.83. The fraction of sp³-hybridized carbons (Fsp3) is 0.400. The van der Waals surface area contributed by atoms with Gasteiger partial charge in [0.15, 0.2) is 17.3 Å². The zero-order valence-electron chi connectivity index (χ0n) is 18.7. The van der Waals surface area contributed by atoms with Crippen LogP contribution in [0.1, 0.15) is 54.9 Å². The van der Waals surface area contributed by atoms with Crippen LogP contribution in [0.25, 0.3) is 21.9 Å². The summed E-state index contributed by atoms with van der Waals surface area (Å²) in [5.74, 6) is 2.12. The van der Waals surface area contributed by atoms with Crippen molar-refractivity contribution in [2.45, 2.75) is 46.0 Å². The maximum atomic E-state index is 12.8. The van der Waals surface area contributed by atoms with Crippen LogP contribution in [0, 0.1) is 17.2 Å². The number of ether oxygens (including phenoxy) is 2. The second-order valence-corrected chi connectivity index (χ2v) is 9.50. The van der Waals surface area contributed by atoms with E-state index in [2.05, 4.69) is 29.9 Å². The van der Waals surface area contributed by atoms with Gasteiger partial charge in [-0.05, 0) is 67.4 Å². The topological polar surface area (TPSA) is 88.0 Å². The number of hydrogen-bond donors (Lipinski definition) is 1. The Bertz CT molecular complexity index is 1260. The highest BCUT2D eigenvalue weighted by atomic mass is 32.1. The van der Waals surface area contributed by atoms with Crippen molar-refractivity contribution in [1.29, 1.82) is 5.26 Å². The first-order chi connectivity index (χ1) is 15.5. The number of benzene rings is 1. The quantitative estimate of drug-likeness (QED) is 0.491. The molecule has 2 aromatic heterocycles. The van der Waals surface area contributed by atoms with Crippen LogP contribution in [0.2, 0.25) is 0 Å². The van der Waals surface area contributed by atoms with E-state index in [0.717, 1.165) is 43.2 Å². The third-order valence-electron chi connectivity index (χ3n) is 5.65. The Labute approximate surface area is 191 Å². The van der Waals surface area contributed by atoms with Crippen molar-refractivity contribution in [3.63, 3.8) is 0 Å². The molecule has 0 radical (unpaired) electrons. The molecule has 1 aromatic carbocycles. The van der Waals surface area contributed by atoms with Crippen LogP contribution in [0.5, 0.6) is 11.5 Å². The molecule has 0 saturated carbocycles. The first-order valence-corrected chi connectivity index (χ1v) is 11.8. The summed E-state index contributed by atoms with van der Waals surface area (Å²) >= 11 is 1.58. The lowest BCUT2D eigenvalue weighted by atomic mass is 9.97. The summed E-state index contributed by atoms with van der Waals surface area (Å²) in [7, 11) is 1.59. The summed E-state index contributed by atoms with van der Waals surface area (Å²) < 4.78 is 11.3. The van der Waals surface area contributed by atoms with Gasteiger partial charge in [-0.1, -0.05) is 19.9 Å². The number of fused-ring (bicyclic) bond motifs is 3. The van der Waals surface area contributed by atoms with Gasteiger partial charge in [-0.15, -0.1) is 11.3 Å². The van der Waals surface area contributed by atoms with E-state index in [9.17, 15) is 10.1 Å². The van der Waals surface area contributed by atoms with E-state index in [1.807, 2.05) is 18.2 Å². The van der Waals surface area contributed by atoms with Gasteiger partial charge < -0.3 is 14.5 Å². The molecule has 2 heterocycles. The van der Waals surface area contributed by atoms with Crippen LogP contribution < -0.4 is 15.0 Å². The lowest BCUT2D eigenvalue weighted by Crippen LogP contribution is -2.12. The lowest BCUT2D eigenvalue weighted by molar-refractivity contribution is 0.273. The molecular weight excluding hydrogens is 422 g/mol. The van der Waals surface area contributed by atoms with Crippen molar-refractivity contribution in [2.24, 2.45) is 5.92 Å². The number of rotatable bonds is 7. The van der Waals surface area contributed by atoms with Gasteiger partial charge >= 0.3 is 0 Å². The van der Waals surface area contributed by atoms with E-state index < -0.39 is 0 Å². The molecule has 7 heteroatoms. The molecule has 1 aliphatic carbocycles. The third-order valence-corrected chi connectivity index (χ3v) is 6.84. The van der Waals surface area contributed by atoms with Crippen LogP contribution in [-0.2, 0) is 12.8 Å². The number of hydrogen-bond acceptors (Lipinski definition) is 6. The van der Waals surface area contributed by atoms with Crippen LogP contribution in [0.4, 0.5) is 0 Å². The molecular formula is C25H27N3O3S. The molecule has 0 saturated heterocycles. The maximum Gasteiger partial charge on any atom is 0.260 e. The number of methoxy groups -OCH3 is 1. The zero-order valence-corrected chi connectivity index (χ0v) is 19.5. The normalized spacial score (nSPS) is 13.8. The summed E-state index contributed by atoms with van der Waals surface area (Å²) in [5.41, 5.74) is 2.03. The highest BCUT2D eigenvalue weighted by Crippen LogP contribution is 2.34. The van der Waals surface area contributed by atoms with E-state index in [0.29, 0.717) is 45.6 Å². The molecule has 0 spiro atoms. The SMILES string of the molecule is COc1cc(/C=C(\C#N)c2nc3sc4c(c3c(=O)[nH]2)CCCC4)ccc1OCCC(C)C. The first kappa shape index (κ1) is 22.1. The maximum absolute atomic E-state index is 12.8. The van der Waals surface area contributed by atoms with E-state index >= 15 is 0 Å². The lowest BCUT2D eigenvalue weighted by Gasteiger charge is -2.12. The van der Waals surface area contributed by atoms with Crippen molar-refractivity contribution in [1.82, 2.24) is 9.97 Å². The Balaban J connectivity index is 1.66. The standard InChI is InChI=1S/C25H27N3O3S/c1-15(2)10-11-31-19-9-8-16(13-20(19)30-3)12-17(14-26)23-27-24(29)22-18-6-4-5-7-21(18)32-25(22)28-23/h8-9,12-13,15H,4-7,10-11H2,1-3H3,(H,27,28,29)/b17-12+. The number of aromatic nitrogens is 2. The Morgan fingerprint density at radius 3 is 2.88 bits per heavy atom. The van der Waals surface area contributed by atoms with Crippen LogP contribution in [0.15, 0.2) is 23.0 Å². The zero-order chi connectivity index (χ0) is 22.7. The van der Waals surface area contributed by atoms with E-state index in [-0.39, 0.29) is 5.56 Å². The number of nitrogens with one attached hydrogen (secondary N) is 1. The summed E-state index contributed by atoms with van der Waals surface area (Å²) in [6.45, 7) is 4.92. The predicted molar refractivity (Wildman–Crippen MR) is 128 cm³/mol. The fourth-order valence-electron chi connectivity index (χ4n) is 3.91. The Morgan fingerprint density at radius 2 is 2.12 bits per heavy atom. The van der Waals surface area contributed by atoms with Crippen LogP contribution >= 0.6 is 11.3 Å². The monoisotopic (exact) mass is 449 g/mol. The van der Waals surface area contributed by atoms with E-state index in [1.54, 1.807) is 24.5 Å². The molecule has 1 N–H and O–H groups in total. The van der Waals surface area contributed by atoms with Crippen molar-refractivity contribution in [2.75, 3.05) is 13.7 Å². The molecule has 0 atom stereocenters. The van der Waals surface area contributed by atoms with Gasteiger partial charge in [0.25, 0.3) is 5.56 Å². The molecule has 32 heavy (non-hydrogen) atoms. The molecule has 0 fully saturated rings. The van der Waals surface area contributed by atoms with Gasteiger partial charge in [-0.2, -0.15) is 5.26 Å². The Morgan fingerprint density at radius 1 is 1.31 bits per heavy atom. The smallest absolute Gasteiger partial charge is 0.260 e. The Kier molecular flexibility index (Phi) is 6.61. The highest BCUT2D eigenvalue weighted by molar-refractivity contribution is 7.18. The average Bonchev–Trinajstić information content (AvgIpc) is 3.16. The molecule has 0 aliphatic heterocycles. The second-order valence-electron chi connectivity index (χ2n) is 8.42. The number of nitrogens with zero attached hydrogens (tertiary/aromatic N) is 2. The molecule has 0 bridgehead atoms. The van der Waals surface area contributed by atoms with Crippen LogP contribution in [-0.4, -0.2) is 23.7 Å². The second kappa shape index (κ2) is 9.58. The number of aryl methyl sites for hydroxylation is 2. The van der Waals surface area contributed by atoms with Crippen molar-refractivity contribution in [3.05, 3.63) is 50.4 Å². The fourth-order valence-corrected chi connectivity index (χ4v) is 5.17. The number of nitriles is 1. The minimum absolute atomic E-state index is 0.169. The summed E-state index contributed by atoms with van der Waals surface area (Å²) in [6, 6.07) is 7.71. The number of allylic oxidation sites excluding steroid dienone is 1. The summed E-state index contributed by atoms with van der Waals surface area (Å²) in [5, 5.41) is 10.5. The van der Waals surface area contributed by atoms with E-state index in [1.165, 1.54) is 4.88 Å². The van der Waals surface area contributed by atoms with Gasteiger partial charge in [0.1, 0.15) is 10.9 Å².